The first-order valence-corrected chi connectivity index (χ1v) is 6.70. The lowest BCUT2D eigenvalue weighted by molar-refractivity contribution is 0.685. The summed E-state index contributed by atoms with van der Waals surface area (Å²) >= 11 is 0. The van der Waals surface area contributed by atoms with Crippen LogP contribution in [0.25, 0.3) is 0 Å². The largest absolute Gasteiger partial charge is 0.321 e. The van der Waals surface area contributed by atoms with E-state index in [4.69, 9.17) is 5.73 Å². The highest BCUT2D eigenvalue weighted by atomic mass is 14.7. The maximum absolute atomic E-state index is 6.42. The molecule has 0 saturated heterocycles. The molecule has 17 heavy (non-hydrogen) atoms. The maximum atomic E-state index is 6.42. The third kappa shape index (κ3) is 2.95. The molecule has 2 nitrogen and oxygen atoms in total. The summed E-state index contributed by atoms with van der Waals surface area (Å²) in [5, 5.41) is 0. The summed E-state index contributed by atoms with van der Waals surface area (Å²) in [5.74, 6) is 0. The molecule has 0 radical (unpaired) electrons. The van der Waals surface area contributed by atoms with Gasteiger partial charge in [-0.25, -0.2) is 0 Å². The van der Waals surface area contributed by atoms with Crippen molar-refractivity contribution in [1.29, 1.82) is 0 Å². The molecule has 1 heterocycles. The fourth-order valence-corrected chi connectivity index (χ4v) is 2.56. The van der Waals surface area contributed by atoms with Crippen LogP contribution in [0.4, 0.5) is 0 Å². The van der Waals surface area contributed by atoms with Crippen LogP contribution in [0.1, 0.15) is 56.2 Å². The first kappa shape index (κ1) is 12.3. The van der Waals surface area contributed by atoms with E-state index in [1.54, 1.807) is 0 Å². The second-order valence-electron chi connectivity index (χ2n) is 4.78. The molecule has 0 aliphatic heterocycles. The molecule has 1 aromatic heterocycles. The molecule has 1 aromatic rings. The van der Waals surface area contributed by atoms with Gasteiger partial charge in [0.15, 0.2) is 0 Å². The van der Waals surface area contributed by atoms with Crippen molar-refractivity contribution in [3.05, 3.63) is 41.2 Å². The Morgan fingerprint density at radius 1 is 1.35 bits per heavy atom. The summed E-state index contributed by atoms with van der Waals surface area (Å²) in [4.78, 5) is 4.19. The molecule has 92 valence electrons. The van der Waals surface area contributed by atoms with Crippen molar-refractivity contribution in [3.8, 4) is 0 Å². The molecule has 1 aliphatic rings. The molecule has 1 aliphatic carbocycles. The minimum absolute atomic E-state index is 0.0750. The lowest BCUT2D eigenvalue weighted by Gasteiger charge is -2.18. The topological polar surface area (TPSA) is 38.9 Å². The van der Waals surface area contributed by atoms with Gasteiger partial charge in [-0.15, -0.1) is 0 Å². The van der Waals surface area contributed by atoms with E-state index in [1.165, 1.54) is 42.4 Å². The smallest absolute Gasteiger partial charge is 0.0514 e. The van der Waals surface area contributed by atoms with E-state index in [2.05, 4.69) is 24.1 Å². The number of aromatic nitrogens is 1. The van der Waals surface area contributed by atoms with Crippen LogP contribution in [-0.2, 0) is 6.42 Å². The van der Waals surface area contributed by atoms with Crippen molar-refractivity contribution in [2.24, 2.45) is 5.73 Å². The Labute approximate surface area is 104 Å². The van der Waals surface area contributed by atoms with Crippen LogP contribution in [0.15, 0.2) is 30.1 Å². The average Bonchev–Trinajstić information content (AvgIpc) is 2.66. The summed E-state index contributed by atoms with van der Waals surface area (Å²) < 4.78 is 0. The van der Waals surface area contributed by atoms with E-state index in [0.717, 1.165) is 12.8 Å². The summed E-state index contributed by atoms with van der Waals surface area (Å²) in [6.07, 6.45) is 13.4. The second-order valence-corrected chi connectivity index (χ2v) is 4.78. The Balaban J connectivity index is 2.23. The Kier molecular flexibility index (Phi) is 4.32. The number of hydrogen-bond donors (Lipinski definition) is 1. The van der Waals surface area contributed by atoms with Crippen molar-refractivity contribution >= 4 is 0 Å². The van der Waals surface area contributed by atoms with E-state index >= 15 is 0 Å². The van der Waals surface area contributed by atoms with Crippen molar-refractivity contribution in [2.75, 3.05) is 0 Å². The molecule has 2 rings (SSSR count). The van der Waals surface area contributed by atoms with Crippen molar-refractivity contribution < 1.29 is 0 Å². The van der Waals surface area contributed by atoms with Crippen LogP contribution in [0, 0.1) is 0 Å². The molecule has 0 amide bonds. The molecule has 2 N–H and O–H groups in total. The van der Waals surface area contributed by atoms with Crippen molar-refractivity contribution in [3.63, 3.8) is 0 Å². The van der Waals surface area contributed by atoms with Crippen LogP contribution in [0.5, 0.6) is 0 Å². The van der Waals surface area contributed by atoms with Gasteiger partial charge in [0.25, 0.3) is 0 Å². The zero-order valence-corrected chi connectivity index (χ0v) is 10.7. The van der Waals surface area contributed by atoms with Gasteiger partial charge in [-0.1, -0.05) is 25.0 Å². The fraction of sp³-hybridized carbons (Fsp3) is 0.533. The summed E-state index contributed by atoms with van der Waals surface area (Å²) in [6, 6.07) is 2.15. The van der Waals surface area contributed by atoms with E-state index in [1.807, 2.05) is 12.4 Å². The van der Waals surface area contributed by atoms with E-state index in [9.17, 15) is 0 Å². The van der Waals surface area contributed by atoms with Crippen LogP contribution in [0.3, 0.4) is 0 Å². The molecule has 0 bridgehead atoms. The number of allylic oxidation sites excluding steroid dienone is 1. The average molecular weight is 230 g/mol. The highest BCUT2D eigenvalue weighted by Crippen LogP contribution is 2.28. The van der Waals surface area contributed by atoms with E-state index in [-0.39, 0.29) is 6.04 Å². The molecule has 1 unspecified atom stereocenters. The molecule has 2 heteroatoms. The van der Waals surface area contributed by atoms with Gasteiger partial charge in [-0.05, 0) is 49.3 Å². The number of aryl methyl sites for hydroxylation is 1. The SMILES string of the molecule is CCc1cnccc1C(N)C1=CCCCCC1. The molecular formula is C15H22N2. The third-order valence-electron chi connectivity index (χ3n) is 3.63. The third-order valence-corrected chi connectivity index (χ3v) is 3.63. The fourth-order valence-electron chi connectivity index (χ4n) is 2.56. The van der Waals surface area contributed by atoms with Gasteiger partial charge in [0, 0.05) is 12.4 Å². The normalized spacial score (nSPS) is 18.4. The highest BCUT2D eigenvalue weighted by molar-refractivity contribution is 5.33. The van der Waals surface area contributed by atoms with Gasteiger partial charge >= 0.3 is 0 Å². The number of pyridine rings is 1. The zero-order chi connectivity index (χ0) is 12.1. The first-order chi connectivity index (χ1) is 8.33. The van der Waals surface area contributed by atoms with Gasteiger partial charge in [0.1, 0.15) is 0 Å². The van der Waals surface area contributed by atoms with Crippen molar-refractivity contribution in [2.45, 2.75) is 51.5 Å². The quantitative estimate of drug-likeness (QED) is 0.807. The minimum Gasteiger partial charge on any atom is -0.321 e. The highest BCUT2D eigenvalue weighted by Gasteiger charge is 2.15. The van der Waals surface area contributed by atoms with Crippen molar-refractivity contribution in [1.82, 2.24) is 4.98 Å². The predicted molar refractivity (Wildman–Crippen MR) is 71.7 cm³/mol. The lowest BCUT2D eigenvalue weighted by atomic mass is 9.93. The van der Waals surface area contributed by atoms with Crippen LogP contribution >= 0.6 is 0 Å². The van der Waals surface area contributed by atoms with Crippen LogP contribution in [-0.4, -0.2) is 4.98 Å². The second kappa shape index (κ2) is 5.97. The minimum atomic E-state index is 0.0750. The summed E-state index contributed by atoms with van der Waals surface area (Å²) in [5.41, 5.74) is 10.4. The van der Waals surface area contributed by atoms with E-state index < -0.39 is 0 Å². The van der Waals surface area contributed by atoms with Gasteiger partial charge in [-0.3, -0.25) is 4.98 Å². The summed E-state index contributed by atoms with van der Waals surface area (Å²) in [7, 11) is 0. The van der Waals surface area contributed by atoms with Gasteiger partial charge in [0.2, 0.25) is 0 Å². The molecule has 0 saturated carbocycles. The molecule has 0 fully saturated rings. The maximum Gasteiger partial charge on any atom is 0.0514 e. The zero-order valence-electron chi connectivity index (χ0n) is 10.7. The monoisotopic (exact) mass is 230 g/mol. The number of nitrogens with zero attached hydrogens (tertiary/aromatic N) is 1. The Morgan fingerprint density at radius 3 is 3.06 bits per heavy atom. The van der Waals surface area contributed by atoms with Crippen LogP contribution < -0.4 is 5.73 Å². The number of hydrogen-bond acceptors (Lipinski definition) is 2. The Bertz CT molecular complexity index is 396. The number of nitrogens with two attached hydrogens (primary N) is 1. The lowest BCUT2D eigenvalue weighted by Crippen LogP contribution is -2.15. The predicted octanol–water partition coefficient (Wildman–Crippen LogP) is 3.53. The van der Waals surface area contributed by atoms with Crippen LogP contribution in [0.2, 0.25) is 0 Å². The Morgan fingerprint density at radius 2 is 2.24 bits per heavy atom. The van der Waals surface area contributed by atoms with Gasteiger partial charge in [-0.2, -0.15) is 0 Å². The Hall–Kier alpha value is -1.15. The first-order valence-electron chi connectivity index (χ1n) is 6.70. The van der Waals surface area contributed by atoms with E-state index in [0.29, 0.717) is 0 Å². The molecular weight excluding hydrogens is 208 g/mol. The summed E-state index contributed by atoms with van der Waals surface area (Å²) in [6.45, 7) is 2.16. The molecule has 1 atom stereocenters. The molecule has 0 spiro atoms. The van der Waals surface area contributed by atoms with Gasteiger partial charge < -0.3 is 5.73 Å². The van der Waals surface area contributed by atoms with Gasteiger partial charge in [0.05, 0.1) is 6.04 Å². The molecule has 0 aromatic carbocycles. The number of rotatable bonds is 3. The standard InChI is InChI=1S/C15H22N2/c1-2-12-11-17-10-9-14(12)15(16)13-7-5-3-4-6-8-13/h7,9-11,15H,2-6,8,16H2,1H3.